The average Bonchev–Trinajstić information content (AvgIpc) is 2.89. The second-order valence-electron chi connectivity index (χ2n) is 10.4. The maximum Gasteiger partial charge on any atom is 0.250 e. The van der Waals surface area contributed by atoms with E-state index in [0.29, 0.717) is 28.7 Å². The molecule has 2 N–H and O–H groups in total. The van der Waals surface area contributed by atoms with Crippen LogP contribution in [0.15, 0.2) is 47.4 Å². The minimum absolute atomic E-state index is 0.0233. The number of nitrogens with zero attached hydrogens (tertiary/aromatic N) is 1. The van der Waals surface area contributed by atoms with E-state index in [4.69, 9.17) is 21.5 Å². The van der Waals surface area contributed by atoms with Gasteiger partial charge in [-0.15, -0.1) is 0 Å². The molecular weight excluding hydrogens is 575 g/mol. The molecule has 40 heavy (non-hydrogen) atoms. The van der Waals surface area contributed by atoms with Crippen LogP contribution in [-0.4, -0.2) is 36.4 Å². The molecule has 1 atom stereocenters. The molecule has 3 aromatic rings. The molecule has 1 aromatic heterocycles. The number of hydrogen-bond acceptors (Lipinski definition) is 7. The summed E-state index contributed by atoms with van der Waals surface area (Å²) in [7, 11) is -0.490. The van der Waals surface area contributed by atoms with Crippen LogP contribution in [0.25, 0.3) is 11.1 Å². The lowest BCUT2D eigenvalue weighted by Gasteiger charge is -2.27. The molecule has 0 amide bonds. The number of rotatable bonds is 11. The van der Waals surface area contributed by atoms with Gasteiger partial charge in [0.2, 0.25) is 0 Å². The summed E-state index contributed by atoms with van der Waals surface area (Å²) in [6, 6.07) is 8.58. The molecule has 0 aliphatic heterocycles. The van der Waals surface area contributed by atoms with Crippen molar-refractivity contribution in [1.82, 2.24) is 4.57 Å². The lowest BCUT2D eigenvalue weighted by Crippen LogP contribution is -2.23. The number of carbonyl (C=O) groups excluding carboxylic acids is 1. The highest BCUT2D eigenvalue weighted by atomic mass is 35.5. The zero-order valence-corrected chi connectivity index (χ0v) is 25.8. The third kappa shape index (κ3) is 7.15. The molecule has 0 fully saturated rings. The largest absolute Gasteiger partial charge is 0.494 e. The van der Waals surface area contributed by atoms with Crippen molar-refractivity contribution in [2.45, 2.75) is 50.5 Å². The monoisotopic (exact) mass is 608 g/mol. The Morgan fingerprint density at radius 1 is 1.18 bits per heavy atom. The molecular formula is C29H34ClFN2O5S2. The van der Waals surface area contributed by atoms with Gasteiger partial charge in [0.25, 0.3) is 5.56 Å². The molecule has 0 unspecified atom stereocenters. The van der Waals surface area contributed by atoms with Gasteiger partial charge in [0.05, 0.1) is 17.9 Å². The minimum Gasteiger partial charge on any atom is -0.494 e. The van der Waals surface area contributed by atoms with E-state index in [9.17, 15) is 22.4 Å². The van der Waals surface area contributed by atoms with Crippen molar-refractivity contribution in [3.63, 3.8) is 0 Å². The fourth-order valence-corrected chi connectivity index (χ4v) is 6.11. The number of pyridine rings is 1. The van der Waals surface area contributed by atoms with Crippen molar-refractivity contribution >= 4 is 39.2 Å². The van der Waals surface area contributed by atoms with Gasteiger partial charge in [-0.2, -0.15) is 0 Å². The first kappa shape index (κ1) is 31.9. The van der Waals surface area contributed by atoms with E-state index in [1.54, 1.807) is 38.4 Å². The number of benzene rings is 2. The topological polar surface area (TPSA) is 108 Å². The van der Waals surface area contributed by atoms with E-state index in [1.807, 2.05) is 20.8 Å². The zero-order chi connectivity index (χ0) is 30.0. The number of aromatic nitrogens is 1. The molecule has 7 nitrogen and oxygen atoms in total. The Bertz CT molecular complexity index is 1600. The summed E-state index contributed by atoms with van der Waals surface area (Å²) < 4.78 is 45.4. The lowest BCUT2D eigenvalue weighted by molar-refractivity contribution is 0.103. The lowest BCUT2D eigenvalue weighted by atomic mass is 9.84. The summed E-state index contributed by atoms with van der Waals surface area (Å²) in [5, 5.41) is 5.81. The van der Waals surface area contributed by atoms with Gasteiger partial charge in [-0.3, -0.25) is 14.7 Å². The number of nitrogens with two attached hydrogens (primary N) is 1. The summed E-state index contributed by atoms with van der Waals surface area (Å²) in [5.74, 6) is -1.76. The number of sulfone groups is 1. The van der Waals surface area contributed by atoms with Crippen LogP contribution >= 0.6 is 23.5 Å². The van der Waals surface area contributed by atoms with Gasteiger partial charge in [0.15, 0.2) is 27.2 Å². The van der Waals surface area contributed by atoms with Crippen molar-refractivity contribution in [3.8, 4) is 16.9 Å². The molecule has 0 bridgehead atoms. The Morgan fingerprint density at radius 2 is 1.85 bits per heavy atom. The van der Waals surface area contributed by atoms with Crippen LogP contribution in [0, 0.1) is 5.82 Å². The molecule has 216 valence electrons. The number of ether oxygens (including phenoxy) is 1. The second kappa shape index (κ2) is 12.5. The highest BCUT2D eigenvalue weighted by molar-refractivity contribution is 7.98. The van der Waals surface area contributed by atoms with Crippen LogP contribution in [0.1, 0.15) is 67.1 Å². The predicted molar refractivity (Wildman–Crippen MR) is 161 cm³/mol. The molecule has 0 aliphatic rings. The van der Waals surface area contributed by atoms with Gasteiger partial charge in [-0.1, -0.05) is 49.5 Å². The highest BCUT2D eigenvalue weighted by Crippen LogP contribution is 2.39. The Hall–Kier alpha value is -2.66. The SMILES string of the molecule is CCS(=O)(=O)Cc1ccc(C(=O)c2cc(OC)c(F)cc2Cl)c(-c2cn(C)c(=O)cc2[C@@H](C)CC(C)(C)SN)c1. The number of methoxy groups -OCH3 is 1. The summed E-state index contributed by atoms with van der Waals surface area (Å²) >= 11 is 7.52. The second-order valence-corrected chi connectivity index (χ2v) is 14.5. The quantitative estimate of drug-likeness (QED) is 0.213. The molecule has 1 heterocycles. The first-order valence-corrected chi connectivity index (χ1v) is 15.7. The number of halogens is 2. The number of carbonyl (C=O) groups is 1. The van der Waals surface area contributed by atoms with E-state index in [0.717, 1.165) is 6.07 Å². The standard InChI is InChI=1S/C29H34ClFN2O5S2/c1-7-40(36,37)16-18-8-9-19(28(35)22-11-26(38-6)25(31)13-24(22)30)21(10-18)23-15-33(5)27(34)12-20(23)17(2)14-29(3,4)39-32/h8-13,15,17H,7,14,16,32H2,1-6H3/t17-/m0/s1. The summed E-state index contributed by atoms with van der Waals surface area (Å²) in [6.07, 6.45) is 2.27. The Morgan fingerprint density at radius 3 is 2.45 bits per heavy atom. The Labute approximate surface area is 243 Å². The molecule has 0 saturated heterocycles. The van der Waals surface area contributed by atoms with Crippen LogP contribution < -0.4 is 15.4 Å². The maximum absolute atomic E-state index is 14.3. The third-order valence-electron chi connectivity index (χ3n) is 6.84. The van der Waals surface area contributed by atoms with Gasteiger partial charge in [-0.25, -0.2) is 12.8 Å². The van der Waals surface area contributed by atoms with Crippen LogP contribution in [0.2, 0.25) is 5.02 Å². The van der Waals surface area contributed by atoms with E-state index in [1.165, 1.54) is 35.8 Å². The molecule has 0 aliphatic carbocycles. The van der Waals surface area contributed by atoms with E-state index in [2.05, 4.69) is 0 Å². The van der Waals surface area contributed by atoms with Crippen molar-refractivity contribution in [2.75, 3.05) is 12.9 Å². The van der Waals surface area contributed by atoms with Crippen LogP contribution in [0.4, 0.5) is 4.39 Å². The number of aryl methyl sites for hydroxylation is 1. The van der Waals surface area contributed by atoms with Gasteiger partial charge in [0.1, 0.15) is 0 Å². The van der Waals surface area contributed by atoms with E-state index < -0.39 is 21.4 Å². The number of hydrogen-bond donors (Lipinski definition) is 1. The van der Waals surface area contributed by atoms with Crippen LogP contribution in [0.5, 0.6) is 5.75 Å². The van der Waals surface area contributed by atoms with Crippen LogP contribution in [0.3, 0.4) is 0 Å². The van der Waals surface area contributed by atoms with E-state index in [-0.39, 0.29) is 49.6 Å². The third-order valence-corrected chi connectivity index (χ3v) is 9.61. The minimum atomic E-state index is -3.38. The summed E-state index contributed by atoms with van der Waals surface area (Å²) in [6.45, 7) is 7.56. The molecule has 0 radical (unpaired) electrons. The smallest absolute Gasteiger partial charge is 0.250 e. The van der Waals surface area contributed by atoms with Crippen molar-refractivity contribution in [2.24, 2.45) is 12.2 Å². The highest BCUT2D eigenvalue weighted by Gasteiger charge is 2.27. The van der Waals surface area contributed by atoms with Crippen molar-refractivity contribution in [1.29, 1.82) is 0 Å². The van der Waals surface area contributed by atoms with Gasteiger partial charge < -0.3 is 9.30 Å². The van der Waals surface area contributed by atoms with Crippen molar-refractivity contribution < 1.29 is 22.3 Å². The fourth-order valence-electron chi connectivity index (χ4n) is 4.64. The van der Waals surface area contributed by atoms with E-state index >= 15 is 0 Å². The van der Waals surface area contributed by atoms with Crippen molar-refractivity contribution in [3.05, 3.63) is 86.0 Å². The fraction of sp³-hybridized carbons (Fsp3) is 0.379. The molecule has 2 aromatic carbocycles. The Balaban J connectivity index is 2.34. The maximum atomic E-state index is 14.3. The summed E-state index contributed by atoms with van der Waals surface area (Å²) in [5.41, 5.74) is 2.22. The molecule has 11 heteroatoms. The molecule has 3 rings (SSSR count). The normalized spacial score (nSPS) is 12.8. The van der Waals surface area contributed by atoms with Crippen LogP contribution in [-0.2, 0) is 22.6 Å². The molecule has 0 saturated carbocycles. The van der Waals surface area contributed by atoms with Gasteiger partial charge in [-0.05, 0) is 61.1 Å². The van der Waals surface area contributed by atoms with Gasteiger partial charge >= 0.3 is 0 Å². The zero-order valence-electron chi connectivity index (χ0n) is 23.4. The first-order chi connectivity index (χ1) is 18.6. The Kier molecular flexibility index (Phi) is 9.93. The predicted octanol–water partition coefficient (Wildman–Crippen LogP) is 5.90. The first-order valence-electron chi connectivity index (χ1n) is 12.6. The number of ketones is 1. The van der Waals surface area contributed by atoms with Gasteiger partial charge in [0, 0.05) is 46.5 Å². The summed E-state index contributed by atoms with van der Waals surface area (Å²) in [4.78, 5) is 26.7. The molecule has 0 spiro atoms. The average molecular weight is 609 g/mol.